The van der Waals surface area contributed by atoms with Crippen LogP contribution in [0.15, 0.2) is 34.5 Å². The molecular formula is C19H24N2O5S2. The zero-order valence-corrected chi connectivity index (χ0v) is 17.7. The van der Waals surface area contributed by atoms with Gasteiger partial charge in [0.25, 0.3) is 10.0 Å². The van der Waals surface area contributed by atoms with Crippen molar-refractivity contribution in [3.05, 3.63) is 40.8 Å². The van der Waals surface area contributed by atoms with Gasteiger partial charge in [0, 0.05) is 24.0 Å². The predicted molar refractivity (Wildman–Crippen MR) is 107 cm³/mol. The predicted octanol–water partition coefficient (Wildman–Crippen LogP) is 2.54. The molecule has 1 amide bonds. The molecule has 1 aliphatic heterocycles. The quantitative estimate of drug-likeness (QED) is 0.738. The third-order valence-electron chi connectivity index (χ3n) is 4.66. The number of ether oxygens (including phenoxy) is 2. The maximum Gasteiger partial charge on any atom is 0.253 e. The minimum absolute atomic E-state index is 0.259. The van der Waals surface area contributed by atoms with Crippen molar-refractivity contribution in [3.8, 4) is 11.5 Å². The topological polar surface area (TPSA) is 84.9 Å². The highest BCUT2D eigenvalue weighted by atomic mass is 32.2. The molecule has 1 saturated heterocycles. The Morgan fingerprint density at radius 3 is 2.46 bits per heavy atom. The molecule has 0 spiro atoms. The maximum atomic E-state index is 12.9. The minimum Gasteiger partial charge on any atom is -0.497 e. The number of hydrogen-bond donors (Lipinski definition) is 1. The molecule has 152 valence electrons. The zero-order chi connectivity index (χ0) is 20.3. The summed E-state index contributed by atoms with van der Waals surface area (Å²) < 4.78 is 37.9. The lowest BCUT2D eigenvalue weighted by atomic mass is 10.1. The van der Waals surface area contributed by atoms with Crippen LogP contribution in [0.5, 0.6) is 11.5 Å². The number of thiophene rings is 1. The van der Waals surface area contributed by atoms with Crippen molar-refractivity contribution >= 4 is 27.3 Å². The Balaban J connectivity index is 1.72. The molecule has 1 unspecified atom stereocenters. The van der Waals surface area contributed by atoms with Crippen molar-refractivity contribution in [3.63, 3.8) is 0 Å². The molecule has 1 fully saturated rings. The number of nitrogens with zero attached hydrogens (tertiary/aromatic N) is 1. The van der Waals surface area contributed by atoms with Gasteiger partial charge in [-0.2, -0.15) is 4.31 Å². The van der Waals surface area contributed by atoms with Crippen LogP contribution < -0.4 is 14.8 Å². The summed E-state index contributed by atoms with van der Waals surface area (Å²) in [5.74, 6) is 0.958. The number of carbonyl (C=O) groups is 1. The Morgan fingerprint density at radius 1 is 1.21 bits per heavy atom. The highest BCUT2D eigenvalue weighted by Gasteiger charge is 2.39. The second kappa shape index (κ2) is 8.50. The van der Waals surface area contributed by atoms with Crippen LogP contribution in [0.25, 0.3) is 0 Å². The minimum atomic E-state index is -3.67. The van der Waals surface area contributed by atoms with Crippen molar-refractivity contribution in [1.29, 1.82) is 0 Å². The van der Waals surface area contributed by atoms with Crippen molar-refractivity contribution in [2.24, 2.45) is 0 Å². The van der Waals surface area contributed by atoms with Crippen molar-refractivity contribution in [2.75, 3.05) is 20.8 Å². The van der Waals surface area contributed by atoms with Crippen molar-refractivity contribution < 1.29 is 22.7 Å². The molecule has 3 rings (SSSR count). The molecule has 0 aliphatic carbocycles. The van der Waals surface area contributed by atoms with Crippen LogP contribution in [0.3, 0.4) is 0 Å². The first-order chi connectivity index (χ1) is 13.3. The molecule has 1 aliphatic rings. The lowest BCUT2D eigenvalue weighted by Gasteiger charge is -2.22. The average Bonchev–Trinajstić information content (AvgIpc) is 3.35. The Labute approximate surface area is 169 Å². The van der Waals surface area contributed by atoms with Crippen LogP contribution in [0.4, 0.5) is 0 Å². The number of aryl methyl sites for hydroxylation is 1. The molecule has 0 saturated carbocycles. The molecule has 9 heteroatoms. The number of methoxy groups -OCH3 is 2. The second-order valence-electron chi connectivity index (χ2n) is 6.58. The summed E-state index contributed by atoms with van der Waals surface area (Å²) in [7, 11) is -0.545. The van der Waals surface area contributed by atoms with E-state index in [2.05, 4.69) is 5.32 Å². The van der Waals surface area contributed by atoms with Crippen LogP contribution in [-0.2, 0) is 21.4 Å². The summed E-state index contributed by atoms with van der Waals surface area (Å²) in [6, 6.07) is 8.05. The van der Waals surface area contributed by atoms with Crippen LogP contribution in [0, 0.1) is 6.92 Å². The van der Waals surface area contributed by atoms with Gasteiger partial charge < -0.3 is 14.8 Å². The fraction of sp³-hybridized carbons (Fsp3) is 0.421. The first-order valence-corrected chi connectivity index (χ1v) is 11.2. The highest BCUT2D eigenvalue weighted by Crippen LogP contribution is 2.30. The van der Waals surface area contributed by atoms with Crippen molar-refractivity contribution in [1.82, 2.24) is 9.62 Å². The van der Waals surface area contributed by atoms with Gasteiger partial charge in [0.1, 0.15) is 21.8 Å². The van der Waals surface area contributed by atoms with E-state index in [1.165, 1.54) is 15.6 Å². The van der Waals surface area contributed by atoms with Crippen LogP contribution in [0.2, 0.25) is 0 Å². The highest BCUT2D eigenvalue weighted by molar-refractivity contribution is 7.91. The molecule has 2 aromatic rings. The number of benzene rings is 1. The first kappa shape index (κ1) is 20.6. The second-order valence-corrected chi connectivity index (χ2v) is 9.98. The number of sulfonamides is 1. The van der Waals surface area contributed by atoms with Gasteiger partial charge in [0.05, 0.1) is 14.2 Å². The van der Waals surface area contributed by atoms with Gasteiger partial charge in [-0.25, -0.2) is 8.42 Å². The number of hydrogen-bond acceptors (Lipinski definition) is 6. The summed E-state index contributed by atoms with van der Waals surface area (Å²) in [4.78, 5) is 13.7. The molecule has 1 aromatic heterocycles. The largest absolute Gasteiger partial charge is 0.497 e. The van der Waals surface area contributed by atoms with Gasteiger partial charge >= 0.3 is 0 Å². The SMILES string of the molecule is COc1cc(CNC(=O)C2CCCN2S(=O)(=O)c2ccc(C)s2)cc(OC)c1. The van der Waals surface area contributed by atoms with Gasteiger partial charge in [-0.15, -0.1) is 11.3 Å². The zero-order valence-electron chi connectivity index (χ0n) is 16.1. The first-order valence-electron chi connectivity index (χ1n) is 8.93. The fourth-order valence-electron chi connectivity index (χ4n) is 3.23. The average molecular weight is 425 g/mol. The van der Waals surface area contributed by atoms with E-state index < -0.39 is 16.1 Å². The Morgan fingerprint density at radius 2 is 1.89 bits per heavy atom. The fourth-order valence-corrected chi connectivity index (χ4v) is 6.30. The Kier molecular flexibility index (Phi) is 6.26. The Bertz CT molecular complexity index is 933. The molecule has 1 atom stereocenters. The summed E-state index contributed by atoms with van der Waals surface area (Å²) in [5.41, 5.74) is 0.811. The molecule has 2 heterocycles. The summed E-state index contributed by atoms with van der Waals surface area (Å²) >= 11 is 1.22. The number of rotatable bonds is 7. The third kappa shape index (κ3) is 4.31. The van der Waals surface area contributed by atoms with E-state index in [4.69, 9.17) is 9.47 Å². The summed E-state index contributed by atoms with van der Waals surface area (Å²) in [6.45, 7) is 2.47. The smallest absolute Gasteiger partial charge is 0.253 e. The van der Waals surface area contributed by atoms with Crippen LogP contribution >= 0.6 is 11.3 Å². The summed E-state index contributed by atoms with van der Waals surface area (Å²) in [6.07, 6.45) is 1.17. The number of amides is 1. The molecular weight excluding hydrogens is 400 g/mol. The van der Waals surface area contributed by atoms with Crippen molar-refractivity contribution in [2.45, 2.75) is 36.6 Å². The maximum absolute atomic E-state index is 12.9. The number of nitrogens with one attached hydrogen (secondary N) is 1. The van der Waals surface area contributed by atoms with Gasteiger partial charge in [-0.1, -0.05) is 0 Å². The lowest BCUT2D eigenvalue weighted by molar-refractivity contribution is -0.124. The van der Waals surface area contributed by atoms with Crippen LogP contribution in [-0.4, -0.2) is 45.4 Å². The van der Waals surface area contributed by atoms with E-state index in [9.17, 15) is 13.2 Å². The van der Waals surface area contributed by atoms with Gasteiger partial charge in [-0.3, -0.25) is 4.79 Å². The van der Waals surface area contributed by atoms with Gasteiger partial charge in [-0.05, 0) is 49.6 Å². The van der Waals surface area contributed by atoms with E-state index in [0.717, 1.165) is 10.4 Å². The third-order valence-corrected chi connectivity index (χ3v) is 8.04. The standard InChI is InChI=1S/C19H24N2O5S2/c1-13-6-7-18(27-13)28(23,24)21-8-4-5-17(21)19(22)20-12-14-9-15(25-2)11-16(10-14)26-3/h6-7,9-11,17H,4-5,8,12H2,1-3H3,(H,20,22). The monoisotopic (exact) mass is 424 g/mol. The van der Waals surface area contributed by atoms with Crippen LogP contribution in [0.1, 0.15) is 23.3 Å². The van der Waals surface area contributed by atoms with Gasteiger partial charge in [0.2, 0.25) is 5.91 Å². The van der Waals surface area contributed by atoms with E-state index in [0.29, 0.717) is 30.9 Å². The van der Waals surface area contributed by atoms with E-state index in [-0.39, 0.29) is 16.7 Å². The van der Waals surface area contributed by atoms with E-state index >= 15 is 0 Å². The van der Waals surface area contributed by atoms with E-state index in [1.54, 1.807) is 44.6 Å². The molecule has 0 radical (unpaired) electrons. The molecule has 1 N–H and O–H groups in total. The molecule has 1 aromatic carbocycles. The normalized spacial score (nSPS) is 17.5. The number of carbonyl (C=O) groups excluding carboxylic acids is 1. The summed E-state index contributed by atoms with van der Waals surface area (Å²) in [5, 5.41) is 2.85. The Hall–Kier alpha value is -2.10. The molecule has 7 nitrogen and oxygen atoms in total. The molecule has 0 bridgehead atoms. The van der Waals surface area contributed by atoms with E-state index in [1.807, 2.05) is 6.92 Å². The lowest BCUT2D eigenvalue weighted by Crippen LogP contribution is -2.45. The molecule has 28 heavy (non-hydrogen) atoms. The van der Waals surface area contributed by atoms with Gasteiger partial charge in [0.15, 0.2) is 0 Å².